The first-order valence-corrected chi connectivity index (χ1v) is 12.8. The fourth-order valence-corrected chi connectivity index (χ4v) is 4.51. The monoisotopic (exact) mass is 521 g/mol. The van der Waals surface area contributed by atoms with Crippen molar-refractivity contribution in [2.24, 2.45) is 0 Å². The third-order valence-electron chi connectivity index (χ3n) is 6.74. The van der Waals surface area contributed by atoms with Crippen LogP contribution in [0.15, 0.2) is 88.1 Å². The van der Waals surface area contributed by atoms with E-state index in [1.807, 2.05) is 48.5 Å². The predicted molar refractivity (Wildman–Crippen MR) is 148 cm³/mol. The Labute approximate surface area is 224 Å². The first-order valence-electron chi connectivity index (χ1n) is 12.8. The Bertz CT molecular complexity index is 1690. The molecule has 3 aromatic carbocycles. The average molecular weight is 522 g/mol. The van der Waals surface area contributed by atoms with Crippen LogP contribution in [0.5, 0.6) is 11.5 Å². The van der Waals surface area contributed by atoms with Gasteiger partial charge in [-0.05, 0) is 60.4 Å². The molecule has 196 valence electrons. The van der Waals surface area contributed by atoms with Gasteiger partial charge in [-0.1, -0.05) is 36.4 Å². The number of methoxy groups -OCH3 is 1. The molecule has 2 aromatic heterocycles. The van der Waals surface area contributed by atoms with E-state index < -0.39 is 0 Å². The third kappa shape index (κ3) is 5.40. The van der Waals surface area contributed by atoms with Gasteiger partial charge in [0.1, 0.15) is 17.9 Å². The summed E-state index contributed by atoms with van der Waals surface area (Å²) in [5, 5.41) is 10.3. The van der Waals surface area contributed by atoms with Crippen LogP contribution in [-0.4, -0.2) is 23.2 Å². The number of nitrogens with one attached hydrogen (secondary N) is 2. The molecule has 1 aliphatic rings. The summed E-state index contributed by atoms with van der Waals surface area (Å²) in [7, 11) is 1.59. The molecule has 1 amide bonds. The van der Waals surface area contributed by atoms with E-state index in [0.29, 0.717) is 45.3 Å². The van der Waals surface area contributed by atoms with Crippen LogP contribution < -0.4 is 20.2 Å². The quantitative estimate of drug-likeness (QED) is 0.253. The van der Waals surface area contributed by atoms with E-state index in [0.717, 1.165) is 24.1 Å². The summed E-state index contributed by atoms with van der Waals surface area (Å²) in [4.78, 5) is 26.5. The van der Waals surface area contributed by atoms with Crippen LogP contribution in [0.25, 0.3) is 22.3 Å². The Morgan fingerprint density at radius 2 is 1.82 bits per heavy atom. The van der Waals surface area contributed by atoms with E-state index in [9.17, 15) is 9.59 Å². The summed E-state index contributed by atoms with van der Waals surface area (Å²) in [6.45, 7) is 0.203. The second kappa shape index (κ2) is 10.5. The first kappa shape index (κ1) is 24.5. The summed E-state index contributed by atoms with van der Waals surface area (Å²) < 4.78 is 17.6. The topological polar surface area (TPSA) is 106 Å². The van der Waals surface area contributed by atoms with Crippen molar-refractivity contribution in [1.82, 2.24) is 10.2 Å². The SMILES string of the molecule is COc1ccc(-c2oc3ccc(CC(=O)Nc4cc(C5CC5)[nH]n4)cc3c(=O)c2OCc2ccccc2)cc1. The van der Waals surface area contributed by atoms with Gasteiger partial charge in [0, 0.05) is 23.2 Å². The number of anilines is 1. The Morgan fingerprint density at radius 1 is 1.03 bits per heavy atom. The summed E-state index contributed by atoms with van der Waals surface area (Å²) >= 11 is 0. The number of aromatic amines is 1. The van der Waals surface area contributed by atoms with E-state index in [1.165, 1.54) is 0 Å². The number of hydrogen-bond acceptors (Lipinski definition) is 6. The maximum absolute atomic E-state index is 13.7. The number of amides is 1. The van der Waals surface area contributed by atoms with Gasteiger partial charge in [-0.15, -0.1) is 0 Å². The average Bonchev–Trinajstić information content (AvgIpc) is 3.72. The molecule has 1 fully saturated rings. The zero-order valence-electron chi connectivity index (χ0n) is 21.4. The minimum atomic E-state index is -0.304. The van der Waals surface area contributed by atoms with Gasteiger partial charge in [0.2, 0.25) is 17.1 Å². The van der Waals surface area contributed by atoms with Gasteiger partial charge in [0.15, 0.2) is 11.6 Å². The van der Waals surface area contributed by atoms with Crippen LogP contribution in [0.4, 0.5) is 5.82 Å². The van der Waals surface area contributed by atoms with Crippen LogP contribution in [-0.2, 0) is 17.8 Å². The van der Waals surface area contributed by atoms with Crippen LogP contribution in [0.1, 0.15) is 35.6 Å². The number of carbonyl (C=O) groups excluding carboxylic acids is 1. The highest BCUT2D eigenvalue weighted by Crippen LogP contribution is 2.39. The molecule has 0 bridgehead atoms. The number of aromatic nitrogens is 2. The van der Waals surface area contributed by atoms with Gasteiger partial charge < -0.3 is 19.2 Å². The fourth-order valence-electron chi connectivity index (χ4n) is 4.51. The molecule has 8 nitrogen and oxygen atoms in total. The Balaban J connectivity index is 1.31. The van der Waals surface area contributed by atoms with Gasteiger partial charge in [-0.25, -0.2) is 0 Å². The normalized spacial score (nSPS) is 12.8. The Hall–Kier alpha value is -4.85. The standard InChI is InChI=1S/C31H27N3O5/c1-37-23-12-10-22(11-13-23)30-31(38-18-19-5-3-2-4-6-19)29(36)24-15-20(7-14-26(24)39-30)16-28(35)32-27-17-25(33-34-27)21-8-9-21/h2-7,10-15,17,21H,8-9,16,18H2,1H3,(H2,32,33,34,35). The van der Waals surface area contributed by atoms with E-state index in [-0.39, 0.29) is 30.1 Å². The Morgan fingerprint density at radius 3 is 2.56 bits per heavy atom. The highest BCUT2D eigenvalue weighted by molar-refractivity contribution is 5.92. The van der Waals surface area contributed by atoms with Crippen molar-refractivity contribution >= 4 is 22.7 Å². The lowest BCUT2D eigenvalue weighted by Crippen LogP contribution is -2.15. The number of carbonyl (C=O) groups is 1. The molecule has 8 heteroatoms. The molecule has 2 heterocycles. The lowest BCUT2D eigenvalue weighted by Gasteiger charge is -2.13. The van der Waals surface area contributed by atoms with E-state index >= 15 is 0 Å². The second-order valence-corrected chi connectivity index (χ2v) is 9.63. The van der Waals surface area contributed by atoms with Gasteiger partial charge in [0.05, 0.1) is 18.9 Å². The number of H-pyrrole nitrogens is 1. The molecule has 1 aliphatic carbocycles. The maximum atomic E-state index is 13.7. The molecule has 0 unspecified atom stereocenters. The number of benzene rings is 3. The molecular weight excluding hydrogens is 494 g/mol. The minimum absolute atomic E-state index is 0.0848. The Kier molecular flexibility index (Phi) is 6.59. The van der Waals surface area contributed by atoms with Crippen molar-refractivity contribution < 1.29 is 18.7 Å². The van der Waals surface area contributed by atoms with Gasteiger partial charge >= 0.3 is 0 Å². The van der Waals surface area contributed by atoms with E-state index in [1.54, 1.807) is 37.4 Å². The largest absolute Gasteiger partial charge is 0.497 e. The summed E-state index contributed by atoms with van der Waals surface area (Å²) in [6, 6.07) is 23.9. The zero-order chi connectivity index (χ0) is 26.8. The molecule has 6 rings (SSSR count). The predicted octanol–water partition coefficient (Wildman–Crippen LogP) is 5.83. The van der Waals surface area contributed by atoms with Gasteiger partial charge in [-0.2, -0.15) is 5.10 Å². The van der Waals surface area contributed by atoms with E-state index in [2.05, 4.69) is 15.5 Å². The second-order valence-electron chi connectivity index (χ2n) is 9.63. The zero-order valence-corrected chi connectivity index (χ0v) is 21.4. The molecule has 39 heavy (non-hydrogen) atoms. The molecule has 0 radical (unpaired) electrons. The third-order valence-corrected chi connectivity index (χ3v) is 6.74. The summed E-state index contributed by atoms with van der Waals surface area (Å²) in [5.41, 5.74) is 3.43. The van der Waals surface area contributed by atoms with Crippen molar-refractivity contribution in [2.75, 3.05) is 12.4 Å². The summed E-state index contributed by atoms with van der Waals surface area (Å²) in [5.74, 6) is 1.94. The van der Waals surface area contributed by atoms with Crippen LogP contribution in [0.2, 0.25) is 0 Å². The number of rotatable bonds is 9. The molecule has 2 N–H and O–H groups in total. The summed E-state index contributed by atoms with van der Waals surface area (Å²) in [6.07, 6.45) is 2.38. The van der Waals surface area contributed by atoms with Gasteiger partial charge in [-0.3, -0.25) is 14.7 Å². The number of hydrogen-bond donors (Lipinski definition) is 2. The van der Waals surface area contributed by atoms with Crippen molar-refractivity contribution in [3.8, 4) is 22.8 Å². The maximum Gasteiger partial charge on any atom is 0.235 e. The molecule has 0 saturated heterocycles. The number of fused-ring (bicyclic) bond motifs is 1. The van der Waals surface area contributed by atoms with Crippen molar-refractivity contribution in [2.45, 2.75) is 31.8 Å². The molecule has 0 spiro atoms. The highest BCUT2D eigenvalue weighted by atomic mass is 16.5. The highest BCUT2D eigenvalue weighted by Gasteiger charge is 2.26. The molecule has 0 atom stereocenters. The fraction of sp³-hybridized carbons (Fsp3) is 0.194. The van der Waals surface area contributed by atoms with Crippen LogP contribution in [0.3, 0.4) is 0 Å². The van der Waals surface area contributed by atoms with Crippen molar-refractivity contribution in [3.05, 3.63) is 106 Å². The molecule has 1 saturated carbocycles. The van der Waals surface area contributed by atoms with Crippen LogP contribution >= 0.6 is 0 Å². The molecular formula is C31H27N3O5. The molecule has 5 aromatic rings. The first-order chi connectivity index (χ1) is 19.1. The van der Waals surface area contributed by atoms with E-state index in [4.69, 9.17) is 13.9 Å². The lowest BCUT2D eigenvalue weighted by molar-refractivity contribution is -0.115. The van der Waals surface area contributed by atoms with Crippen molar-refractivity contribution in [1.29, 1.82) is 0 Å². The molecule has 0 aliphatic heterocycles. The van der Waals surface area contributed by atoms with Gasteiger partial charge in [0.25, 0.3) is 0 Å². The number of ether oxygens (including phenoxy) is 2. The van der Waals surface area contributed by atoms with Crippen molar-refractivity contribution in [3.63, 3.8) is 0 Å². The smallest absolute Gasteiger partial charge is 0.235 e. The minimum Gasteiger partial charge on any atom is -0.497 e. The lowest BCUT2D eigenvalue weighted by atomic mass is 10.1. The van der Waals surface area contributed by atoms with Crippen LogP contribution in [0, 0.1) is 0 Å². The number of nitrogens with zero attached hydrogens (tertiary/aromatic N) is 1.